The van der Waals surface area contributed by atoms with Crippen LogP contribution in [0.15, 0.2) is 10.6 Å². The summed E-state index contributed by atoms with van der Waals surface area (Å²) in [6.45, 7) is 3.61. The molecule has 3 heteroatoms. The van der Waals surface area contributed by atoms with Crippen molar-refractivity contribution in [3.63, 3.8) is 0 Å². The quantitative estimate of drug-likeness (QED) is 0.534. The molecule has 0 rings (SSSR count). The highest BCUT2D eigenvalue weighted by Gasteiger charge is 2.08. The predicted octanol–water partition coefficient (Wildman–Crippen LogP) is 3.32. The van der Waals surface area contributed by atoms with E-state index in [0.717, 1.165) is 0 Å². The van der Waals surface area contributed by atoms with Crippen LogP contribution in [0.25, 0.3) is 0 Å². The maximum absolute atomic E-state index is 5.68. The second kappa shape index (κ2) is 2.95. The summed E-state index contributed by atoms with van der Waals surface area (Å²) >= 11 is 16.3. The number of allylic oxidation sites excluding steroid dienone is 1. The highest BCUT2D eigenvalue weighted by molar-refractivity contribution is 6.56. The average Bonchev–Trinajstić information content (AvgIpc) is 1.21. The fourth-order valence-corrected chi connectivity index (χ4v) is 1.03. The molecule has 0 aliphatic carbocycles. The van der Waals surface area contributed by atoms with Crippen molar-refractivity contribution in [3.05, 3.63) is 10.6 Å². The summed E-state index contributed by atoms with van der Waals surface area (Å²) in [4.78, 5) is -0.432. The Bertz CT molecular complexity index is 94.7. The largest absolute Gasteiger partial charge is 0.115 e. The molecular weight excluding hydrogens is 166 g/mol. The number of alkyl halides is 1. The minimum Gasteiger partial charge on any atom is -0.115 e. The first-order chi connectivity index (χ1) is 3.42. The van der Waals surface area contributed by atoms with E-state index in [1.807, 2.05) is 0 Å². The van der Waals surface area contributed by atoms with Gasteiger partial charge in [-0.25, -0.2) is 0 Å². The highest BCUT2D eigenvalue weighted by Crippen LogP contribution is 2.20. The van der Waals surface area contributed by atoms with Crippen molar-refractivity contribution in [1.29, 1.82) is 0 Å². The zero-order valence-electron chi connectivity index (χ0n) is 4.71. The van der Waals surface area contributed by atoms with Crippen molar-refractivity contribution in [3.8, 4) is 0 Å². The second-order valence-electron chi connectivity index (χ2n) is 2.00. The molecule has 0 aromatic heterocycles. The first-order valence-electron chi connectivity index (χ1n) is 2.14. The maximum atomic E-state index is 5.68. The Kier molecular flexibility index (Phi) is 3.18. The van der Waals surface area contributed by atoms with Gasteiger partial charge in [0.15, 0.2) is 0 Å². The van der Waals surface area contributed by atoms with Crippen LogP contribution >= 0.6 is 34.8 Å². The lowest BCUT2D eigenvalue weighted by Gasteiger charge is -2.06. The zero-order valence-corrected chi connectivity index (χ0v) is 6.98. The van der Waals surface area contributed by atoms with Crippen LogP contribution in [0.3, 0.4) is 0 Å². The lowest BCUT2D eigenvalue weighted by molar-refractivity contribution is 0.882. The van der Waals surface area contributed by atoms with Crippen molar-refractivity contribution >= 4 is 34.8 Å². The SMILES string of the molecule is CC(C)(Cl)C=C(Cl)Cl. The third-order valence-electron chi connectivity index (χ3n) is 0.452. The van der Waals surface area contributed by atoms with Crippen LogP contribution < -0.4 is 0 Å². The Labute approximate surface area is 64.4 Å². The summed E-state index contributed by atoms with van der Waals surface area (Å²) in [6.07, 6.45) is 1.57. The molecule has 0 aliphatic rings. The molecule has 0 unspecified atom stereocenters. The van der Waals surface area contributed by atoms with Crippen molar-refractivity contribution in [2.45, 2.75) is 18.7 Å². The van der Waals surface area contributed by atoms with Crippen LogP contribution in [-0.2, 0) is 0 Å². The summed E-state index contributed by atoms with van der Waals surface area (Å²) < 4.78 is 0.213. The molecule has 0 N–H and O–H groups in total. The van der Waals surface area contributed by atoms with E-state index in [0.29, 0.717) is 0 Å². The van der Waals surface area contributed by atoms with Gasteiger partial charge in [0.25, 0.3) is 0 Å². The Morgan fingerprint density at radius 2 is 1.75 bits per heavy atom. The Morgan fingerprint density at radius 1 is 1.38 bits per heavy atom. The van der Waals surface area contributed by atoms with Gasteiger partial charge in [0.2, 0.25) is 0 Å². The number of rotatable bonds is 1. The van der Waals surface area contributed by atoms with Gasteiger partial charge in [0.05, 0.1) is 4.87 Å². The maximum Gasteiger partial charge on any atom is 0.104 e. The third kappa shape index (κ3) is 6.61. The van der Waals surface area contributed by atoms with E-state index in [9.17, 15) is 0 Å². The van der Waals surface area contributed by atoms with E-state index in [1.54, 1.807) is 19.9 Å². The minimum absolute atomic E-state index is 0.213. The van der Waals surface area contributed by atoms with E-state index < -0.39 is 4.87 Å². The Balaban J connectivity index is 3.89. The van der Waals surface area contributed by atoms with Gasteiger partial charge in [0, 0.05) is 0 Å². The van der Waals surface area contributed by atoms with E-state index in [1.165, 1.54) is 0 Å². The fraction of sp³-hybridized carbons (Fsp3) is 0.600. The highest BCUT2D eigenvalue weighted by atomic mass is 35.5. The molecule has 0 atom stereocenters. The van der Waals surface area contributed by atoms with Crippen molar-refractivity contribution in [2.24, 2.45) is 0 Å². The van der Waals surface area contributed by atoms with Crippen molar-refractivity contribution in [2.75, 3.05) is 0 Å². The van der Waals surface area contributed by atoms with Gasteiger partial charge < -0.3 is 0 Å². The molecule has 0 saturated carbocycles. The molecule has 8 heavy (non-hydrogen) atoms. The Morgan fingerprint density at radius 3 is 1.75 bits per heavy atom. The lowest BCUT2D eigenvalue weighted by Crippen LogP contribution is -2.03. The van der Waals surface area contributed by atoms with Crippen LogP contribution in [0.1, 0.15) is 13.8 Å². The summed E-state index contributed by atoms with van der Waals surface area (Å²) in [6, 6.07) is 0. The molecule has 0 spiro atoms. The van der Waals surface area contributed by atoms with Gasteiger partial charge in [0.1, 0.15) is 4.49 Å². The molecule has 0 bridgehead atoms. The summed E-state index contributed by atoms with van der Waals surface area (Å²) in [5, 5.41) is 0. The standard InChI is InChI=1S/C5H7Cl3/c1-5(2,8)3-4(6)7/h3H,1-2H3. The van der Waals surface area contributed by atoms with Gasteiger partial charge in [-0.1, -0.05) is 23.2 Å². The number of hydrogen-bond donors (Lipinski definition) is 0. The third-order valence-corrected chi connectivity index (χ3v) is 0.780. The minimum atomic E-state index is -0.432. The van der Waals surface area contributed by atoms with E-state index in [4.69, 9.17) is 34.8 Å². The van der Waals surface area contributed by atoms with Crippen molar-refractivity contribution in [1.82, 2.24) is 0 Å². The molecule has 0 fully saturated rings. The molecule has 0 aromatic carbocycles. The van der Waals surface area contributed by atoms with Gasteiger partial charge in [-0.3, -0.25) is 0 Å². The second-order valence-corrected chi connectivity index (χ2v) is 3.98. The Hall–Kier alpha value is 0.610. The van der Waals surface area contributed by atoms with E-state index >= 15 is 0 Å². The van der Waals surface area contributed by atoms with Crippen LogP contribution in [0.5, 0.6) is 0 Å². The molecule has 48 valence electrons. The molecule has 0 heterocycles. The van der Waals surface area contributed by atoms with Crippen LogP contribution in [0, 0.1) is 0 Å². The molecule has 0 amide bonds. The molecule has 0 saturated heterocycles. The molecular formula is C5H7Cl3. The number of hydrogen-bond acceptors (Lipinski definition) is 0. The van der Waals surface area contributed by atoms with Gasteiger partial charge in [-0.05, 0) is 19.9 Å². The van der Waals surface area contributed by atoms with Crippen LogP contribution in [0.4, 0.5) is 0 Å². The monoisotopic (exact) mass is 172 g/mol. The van der Waals surface area contributed by atoms with Crippen molar-refractivity contribution < 1.29 is 0 Å². The molecule has 0 nitrogen and oxygen atoms in total. The van der Waals surface area contributed by atoms with Gasteiger partial charge in [-0.2, -0.15) is 0 Å². The zero-order chi connectivity index (χ0) is 6.78. The summed E-state index contributed by atoms with van der Waals surface area (Å²) in [5.41, 5.74) is 0. The number of halogens is 3. The first-order valence-corrected chi connectivity index (χ1v) is 3.28. The topological polar surface area (TPSA) is 0 Å². The molecule has 0 aromatic rings. The van der Waals surface area contributed by atoms with Gasteiger partial charge in [-0.15, -0.1) is 11.6 Å². The van der Waals surface area contributed by atoms with Crippen LogP contribution in [0.2, 0.25) is 0 Å². The fourth-order valence-electron chi connectivity index (χ4n) is 0.259. The summed E-state index contributed by atoms with van der Waals surface area (Å²) in [5.74, 6) is 0. The smallest absolute Gasteiger partial charge is 0.104 e. The average molecular weight is 173 g/mol. The lowest BCUT2D eigenvalue weighted by atomic mass is 10.2. The van der Waals surface area contributed by atoms with Gasteiger partial charge >= 0.3 is 0 Å². The van der Waals surface area contributed by atoms with E-state index in [2.05, 4.69) is 0 Å². The molecule has 0 radical (unpaired) electrons. The van der Waals surface area contributed by atoms with E-state index in [-0.39, 0.29) is 4.49 Å². The normalized spacial score (nSPS) is 11.1. The predicted molar refractivity (Wildman–Crippen MR) is 39.7 cm³/mol. The van der Waals surface area contributed by atoms with Crippen LogP contribution in [-0.4, -0.2) is 4.87 Å². The molecule has 0 aliphatic heterocycles. The summed E-state index contributed by atoms with van der Waals surface area (Å²) in [7, 11) is 0. The first kappa shape index (κ1) is 8.61.